The smallest absolute Gasteiger partial charge is 0.184 e. The van der Waals surface area contributed by atoms with Crippen LogP contribution in [0.25, 0.3) is 16.9 Å². The van der Waals surface area contributed by atoms with Crippen molar-refractivity contribution >= 4 is 39.3 Å². The molecule has 0 saturated carbocycles. The van der Waals surface area contributed by atoms with E-state index in [0.29, 0.717) is 10.3 Å². The molecule has 0 aliphatic rings. The van der Waals surface area contributed by atoms with E-state index in [-0.39, 0.29) is 0 Å². The quantitative estimate of drug-likeness (QED) is 0.686. The number of hydrogen-bond acceptors (Lipinski definition) is 3. The van der Waals surface area contributed by atoms with Gasteiger partial charge in [0.15, 0.2) is 10.4 Å². The standard InChI is InChI=1S/C13H10BrN5S/c1-7-11-12(18(2)17-7)19(13(20)16-11)10-5-9(14)4-3-8(10)6-15/h3-5H,1-2H3,(H,16,20). The van der Waals surface area contributed by atoms with Crippen molar-refractivity contribution in [3.8, 4) is 11.8 Å². The van der Waals surface area contributed by atoms with Crippen LogP contribution in [0.3, 0.4) is 0 Å². The van der Waals surface area contributed by atoms with Crippen molar-refractivity contribution in [3.63, 3.8) is 0 Å². The van der Waals surface area contributed by atoms with E-state index in [1.54, 1.807) is 10.7 Å². The molecule has 2 heterocycles. The molecule has 3 aromatic rings. The van der Waals surface area contributed by atoms with Crippen molar-refractivity contribution in [2.75, 3.05) is 0 Å². The fourth-order valence-corrected chi connectivity index (χ4v) is 2.95. The Bertz CT molecular complexity index is 925. The van der Waals surface area contributed by atoms with Crippen molar-refractivity contribution in [1.29, 1.82) is 5.26 Å². The zero-order valence-electron chi connectivity index (χ0n) is 10.8. The van der Waals surface area contributed by atoms with E-state index in [4.69, 9.17) is 12.2 Å². The maximum absolute atomic E-state index is 9.30. The van der Waals surface area contributed by atoms with Gasteiger partial charge in [-0.15, -0.1) is 0 Å². The molecular weight excluding hydrogens is 338 g/mol. The summed E-state index contributed by atoms with van der Waals surface area (Å²) in [5.74, 6) is 0. The molecule has 1 N–H and O–H groups in total. The van der Waals surface area contributed by atoms with Crippen LogP contribution in [-0.2, 0) is 7.05 Å². The summed E-state index contributed by atoms with van der Waals surface area (Å²) in [7, 11) is 1.86. The summed E-state index contributed by atoms with van der Waals surface area (Å²) >= 11 is 8.83. The van der Waals surface area contributed by atoms with Crippen LogP contribution in [0.2, 0.25) is 0 Å². The number of aromatic nitrogens is 4. The first-order valence-corrected chi connectivity index (χ1v) is 7.07. The fraction of sp³-hybridized carbons (Fsp3) is 0.154. The van der Waals surface area contributed by atoms with Crippen LogP contribution in [0.15, 0.2) is 22.7 Å². The maximum atomic E-state index is 9.30. The van der Waals surface area contributed by atoms with E-state index in [1.165, 1.54) is 0 Å². The van der Waals surface area contributed by atoms with Crippen LogP contribution >= 0.6 is 28.1 Å². The van der Waals surface area contributed by atoms with Gasteiger partial charge < -0.3 is 4.98 Å². The lowest BCUT2D eigenvalue weighted by Crippen LogP contribution is -2.02. The second-order valence-electron chi connectivity index (χ2n) is 4.45. The molecule has 5 nitrogen and oxygen atoms in total. The van der Waals surface area contributed by atoms with Crippen LogP contribution in [0.4, 0.5) is 0 Å². The number of rotatable bonds is 1. The largest absolute Gasteiger partial charge is 0.327 e. The van der Waals surface area contributed by atoms with Gasteiger partial charge in [0.1, 0.15) is 11.6 Å². The number of aromatic amines is 1. The van der Waals surface area contributed by atoms with Gasteiger partial charge >= 0.3 is 0 Å². The number of fused-ring (bicyclic) bond motifs is 1. The van der Waals surface area contributed by atoms with Gasteiger partial charge in [0.25, 0.3) is 0 Å². The van der Waals surface area contributed by atoms with Gasteiger partial charge in [-0.2, -0.15) is 10.4 Å². The Hall–Kier alpha value is -1.91. The Morgan fingerprint density at radius 1 is 1.45 bits per heavy atom. The molecule has 3 rings (SSSR count). The Morgan fingerprint density at radius 3 is 2.90 bits per heavy atom. The van der Waals surface area contributed by atoms with Gasteiger partial charge in [-0.25, -0.2) is 4.68 Å². The number of benzene rings is 1. The SMILES string of the molecule is Cc1nn(C)c2c1[nH]c(=S)n2-c1cc(Br)ccc1C#N. The van der Waals surface area contributed by atoms with Crippen LogP contribution in [0.1, 0.15) is 11.3 Å². The summed E-state index contributed by atoms with van der Waals surface area (Å²) in [6.45, 7) is 1.92. The van der Waals surface area contributed by atoms with Crippen LogP contribution < -0.4 is 0 Å². The van der Waals surface area contributed by atoms with Crippen molar-refractivity contribution in [2.45, 2.75) is 6.92 Å². The van der Waals surface area contributed by atoms with Crippen LogP contribution in [0.5, 0.6) is 0 Å². The molecule has 0 bridgehead atoms. The van der Waals surface area contributed by atoms with E-state index < -0.39 is 0 Å². The molecule has 0 unspecified atom stereocenters. The molecule has 1 aromatic carbocycles. The summed E-state index contributed by atoms with van der Waals surface area (Å²) < 4.78 is 5.04. The number of aryl methyl sites for hydroxylation is 2. The molecule has 0 spiro atoms. The third-order valence-electron chi connectivity index (χ3n) is 3.16. The monoisotopic (exact) mass is 347 g/mol. The van der Waals surface area contributed by atoms with E-state index in [2.05, 4.69) is 32.1 Å². The Morgan fingerprint density at radius 2 is 2.20 bits per heavy atom. The molecule has 7 heteroatoms. The van der Waals surface area contributed by atoms with Gasteiger partial charge in [-0.1, -0.05) is 15.9 Å². The average Bonchev–Trinajstić information content (AvgIpc) is 2.88. The maximum Gasteiger partial charge on any atom is 0.184 e. The molecule has 0 radical (unpaired) electrons. The lowest BCUT2D eigenvalue weighted by molar-refractivity contribution is 0.759. The number of nitrogens with zero attached hydrogens (tertiary/aromatic N) is 4. The van der Waals surface area contributed by atoms with E-state index in [9.17, 15) is 5.26 Å². The summed E-state index contributed by atoms with van der Waals surface area (Å²) in [5.41, 5.74) is 3.91. The van der Waals surface area contributed by atoms with Crippen molar-refractivity contribution in [3.05, 3.63) is 38.7 Å². The highest BCUT2D eigenvalue weighted by Crippen LogP contribution is 2.26. The second kappa shape index (κ2) is 4.58. The Balaban J connectivity index is 2.47. The minimum atomic E-state index is 0.547. The predicted octanol–water partition coefficient (Wildman–Crippen LogP) is 3.36. The molecule has 0 fully saturated rings. The molecule has 0 atom stereocenters. The molecule has 0 aliphatic carbocycles. The molecule has 2 aromatic heterocycles. The van der Waals surface area contributed by atoms with Crippen LogP contribution in [0, 0.1) is 23.0 Å². The third-order valence-corrected chi connectivity index (χ3v) is 3.94. The van der Waals surface area contributed by atoms with E-state index in [0.717, 1.165) is 27.0 Å². The number of H-pyrrole nitrogens is 1. The Kier molecular flexibility index (Phi) is 3.00. The normalized spacial score (nSPS) is 10.9. The lowest BCUT2D eigenvalue weighted by atomic mass is 10.2. The number of hydrogen-bond donors (Lipinski definition) is 1. The van der Waals surface area contributed by atoms with Gasteiger partial charge in [0.05, 0.1) is 16.9 Å². The van der Waals surface area contributed by atoms with E-state index >= 15 is 0 Å². The highest BCUT2D eigenvalue weighted by Gasteiger charge is 2.16. The highest BCUT2D eigenvalue weighted by molar-refractivity contribution is 9.10. The second-order valence-corrected chi connectivity index (χ2v) is 5.75. The third kappa shape index (κ3) is 1.80. The topological polar surface area (TPSA) is 62.3 Å². The number of nitrogens with one attached hydrogen (secondary N) is 1. The van der Waals surface area contributed by atoms with Gasteiger partial charge in [-0.05, 0) is 37.3 Å². The predicted molar refractivity (Wildman–Crippen MR) is 82.4 cm³/mol. The van der Waals surface area contributed by atoms with Gasteiger partial charge in [0.2, 0.25) is 0 Å². The molecule has 0 saturated heterocycles. The average molecular weight is 348 g/mol. The minimum absolute atomic E-state index is 0.547. The summed E-state index contributed by atoms with van der Waals surface area (Å²) in [5, 5.41) is 13.7. The molecule has 100 valence electrons. The zero-order valence-corrected chi connectivity index (χ0v) is 13.2. The first-order chi connectivity index (χ1) is 9.52. The summed E-state index contributed by atoms with van der Waals surface area (Å²) in [6, 6.07) is 7.68. The highest BCUT2D eigenvalue weighted by atomic mass is 79.9. The van der Waals surface area contributed by atoms with Crippen molar-refractivity contribution < 1.29 is 0 Å². The minimum Gasteiger partial charge on any atom is -0.327 e. The number of nitriles is 1. The molecule has 0 aliphatic heterocycles. The van der Waals surface area contributed by atoms with Crippen molar-refractivity contribution in [1.82, 2.24) is 19.3 Å². The van der Waals surface area contributed by atoms with Crippen molar-refractivity contribution in [2.24, 2.45) is 7.05 Å². The Labute approximate surface area is 128 Å². The molecule has 0 amide bonds. The lowest BCUT2D eigenvalue weighted by Gasteiger charge is -2.07. The van der Waals surface area contributed by atoms with Gasteiger partial charge in [0, 0.05) is 11.5 Å². The summed E-state index contributed by atoms with van der Waals surface area (Å²) in [6.07, 6.45) is 0. The van der Waals surface area contributed by atoms with Crippen LogP contribution in [-0.4, -0.2) is 19.3 Å². The molecule has 20 heavy (non-hydrogen) atoms. The molecular formula is C13H10BrN5S. The van der Waals surface area contributed by atoms with E-state index in [1.807, 2.05) is 30.7 Å². The summed E-state index contributed by atoms with van der Waals surface area (Å²) in [4.78, 5) is 3.16. The number of halogens is 1. The number of imidazole rings is 1. The fourth-order valence-electron chi connectivity index (χ4n) is 2.32. The first kappa shape index (κ1) is 13.1. The first-order valence-electron chi connectivity index (χ1n) is 5.87. The van der Waals surface area contributed by atoms with Gasteiger partial charge in [-0.3, -0.25) is 4.57 Å². The zero-order chi connectivity index (χ0) is 14.4.